The van der Waals surface area contributed by atoms with E-state index in [0.29, 0.717) is 5.56 Å². The van der Waals surface area contributed by atoms with Crippen molar-refractivity contribution in [3.63, 3.8) is 0 Å². The lowest BCUT2D eigenvalue weighted by atomic mass is 10.1. The lowest BCUT2D eigenvalue weighted by Crippen LogP contribution is -2.02. The molecule has 15 heavy (non-hydrogen) atoms. The molecule has 0 fully saturated rings. The highest BCUT2D eigenvalue weighted by Gasteiger charge is 2.14. The molecule has 1 atom stereocenters. The van der Waals surface area contributed by atoms with Crippen LogP contribution in [0.25, 0.3) is 11.3 Å². The molecule has 4 heteroatoms. The van der Waals surface area contributed by atoms with E-state index in [9.17, 15) is 5.11 Å². The fourth-order valence-electron chi connectivity index (χ4n) is 1.48. The Balaban J connectivity index is 2.41. The molecule has 0 amide bonds. The molecule has 1 unspecified atom stereocenters. The highest BCUT2D eigenvalue weighted by Crippen LogP contribution is 2.25. The minimum absolute atomic E-state index is 0.306. The first-order chi connectivity index (χ1) is 7.33. The van der Waals surface area contributed by atoms with E-state index in [-0.39, 0.29) is 6.61 Å². The zero-order valence-electron chi connectivity index (χ0n) is 8.09. The summed E-state index contributed by atoms with van der Waals surface area (Å²) in [6.07, 6.45) is 0.641. The molecule has 1 aromatic heterocycles. The minimum Gasteiger partial charge on any atom is -0.393 e. The monoisotopic (exact) mass is 204 g/mol. The number of hydrogen-bond donors (Lipinski definition) is 3. The van der Waals surface area contributed by atoms with Crippen molar-refractivity contribution in [2.75, 3.05) is 6.61 Å². The molecule has 0 saturated heterocycles. The minimum atomic E-state index is -0.890. The summed E-state index contributed by atoms with van der Waals surface area (Å²) in [5.74, 6) is 0. The van der Waals surface area contributed by atoms with Gasteiger partial charge in [0.2, 0.25) is 0 Å². The standard InChI is InChI=1S/C11H12N2O2/c14-7-10(15)9-6-12-13-11(9)8-4-2-1-3-5-8/h1-6,10,14-15H,7H2,(H,12,13). The van der Waals surface area contributed by atoms with E-state index in [4.69, 9.17) is 5.11 Å². The van der Waals surface area contributed by atoms with Crippen molar-refractivity contribution in [3.05, 3.63) is 42.1 Å². The highest BCUT2D eigenvalue weighted by molar-refractivity contribution is 5.62. The number of aliphatic hydroxyl groups excluding tert-OH is 2. The number of benzene rings is 1. The third kappa shape index (κ3) is 1.91. The predicted molar refractivity (Wildman–Crippen MR) is 56.1 cm³/mol. The summed E-state index contributed by atoms with van der Waals surface area (Å²) in [5, 5.41) is 25.1. The Morgan fingerprint density at radius 3 is 2.67 bits per heavy atom. The molecule has 0 radical (unpaired) electrons. The summed E-state index contributed by atoms with van der Waals surface area (Å²) in [7, 11) is 0. The molecule has 0 saturated carbocycles. The highest BCUT2D eigenvalue weighted by atomic mass is 16.3. The van der Waals surface area contributed by atoms with Crippen molar-refractivity contribution < 1.29 is 10.2 Å². The molecular formula is C11H12N2O2. The van der Waals surface area contributed by atoms with Crippen molar-refractivity contribution in [3.8, 4) is 11.3 Å². The number of H-pyrrole nitrogens is 1. The van der Waals surface area contributed by atoms with Gasteiger partial charge in [-0.1, -0.05) is 30.3 Å². The number of rotatable bonds is 3. The van der Waals surface area contributed by atoms with Crippen LogP contribution in [0, 0.1) is 0 Å². The average Bonchev–Trinajstić information content (AvgIpc) is 2.78. The van der Waals surface area contributed by atoms with Crippen LogP contribution in [-0.4, -0.2) is 27.0 Å². The van der Waals surface area contributed by atoms with Gasteiger partial charge in [0.15, 0.2) is 0 Å². The Kier molecular flexibility index (Phi) is 2.80. The normalized spacial score (nSPS) is 12.7. The quantitative estimate of drug-likeness (QED) is 0.701. The zero-order valence-corrected chi connectivity index (χ0v) is 8.09. The summed E-state index contributed by atoms with van der Waals surface area (Å²) in [6.45, 7) is -0.306. The van der Waals surface area contributed by atoms with Crippen LogP contribution in [0.1, 0.15) is 11.7 Å². The smallest absolute Gasteiger partial charge is 0.106 e. The molecular weight excluding hydrogens is 192 g/mol. The number of nitrogens with one attached hydrogen (secondary N) is 1. The second-order valence-electron chi connectivity index (χ2n) is 3.26. The van der Waals surface area contributed by atoms with E-state index in [1.54, 1.807) is 0 Å². The average molecular weight is 204 g/mol. The maximum atomic E-state index is 9.55. The fourth-order valence-corrected chi connectivity index (χ4v) is 1.48. The van der Waals surface area contributed by atoms with E-state index < -0.39 is 6.10 Å². The van der Waals surface area contributed by atoms with Gasteiger partial charge in [0.1, 0.15) is 6.10 Å². The van der Waals surface area contributed by atoms with Crippen LogP contribution in [-0.2, 0) is 0 Å². The van der Waals surface area contributed by atoms with Crippen molar-refractivity contribution in [1.82, 2.24) is 10.2 Å². The number of nitrogens with zero attached hydrogens (tertiary/aromatic N) is 1. The van der Waals surface area contributed by atoms with Crippen molar-refractivity contribution >= 4 is 0 Å². The number of aromatic nitrogens is 2. The van der Waals surface area contributed by atoms with E-state index in [2.05, 4.69) is 10.2 Å². The first-order valence-electron chi connectivity index (χ1n) is 4.70. The number of aliphatic hydroxyl groups is 2. The Morgan fingerprint density at radius 2 is 2.00 bits per heavy atom. The molecule has 0 aliphatic rings. The van der Waals surface area contributed by atoms with Crippen LogP contribution in [0.15, 0.2) is 36.5 Å². The molecule has 78 valence electrons. The molecule has 2 rings (SSSR count). The van der Waals surface area contributed by atoms with Gasteiger partial charge >= 0.3 is 0 Å². The van der Waals surface area contributed by atoms with Crippen LogP contribution in [0.5, 0.6) is 0 Å². The lowest BCUT2D eigenvalue weighted by molar-refractivity contribution is 0.0960. The molecule has 2 aromatic rings. The maximum absolute atomic E-state index is 9.55. The van der Waals surface area contributed by atoms with Crippen LogP contribution < -0.4 is 0 Å². The Bertz CT molecular complexity index is 425. The summed E-state index contributed by atoms with van der Waals surface area (Å²) >= 11 is 0. The van der Waals surface area contributed by atoms with Crippen LogP contribution in [0.3, 0.4) is 0 Å². The Labute approximate surface area is 87.2 Å². The van der Waals surface area contributed by atoms with Gasteiger partial charge in [-0.3, -0.25) is 5.10 Å². The molecule has 1 heterocycles. The lowest BCUT2D eigenvalue weighted by Gasteiger charge is -2.07. The first-order valence-corrected chi connectivity index (χ1v) is 4.70. The second-order valence-corrected chi connectivity index (χ2v) is 3.26. The maximum Gasteiger partial charge on any atom is 0.106 e. The fraction of sp³-hybridized carbons (Fsp3) is 0.182. The zero-order chi connectivity index (χ0) is 10.7. The Morgan fingerprint density at radius 1 is 1.27 bits per heavy atom. The number of hydrogen-bond acceptors (Lipinski definition) is 3. The van der Waals surface area contributed by atoms with Gasteiger partial charge in [0, 0.05) is 5.56 Å². The topological polar surface area (TPSA) is 69.1 Å². The first kappa shape index (κ1) is 9.89. The van der Waals surface area contributed by atoms with Gasteiger partial charge in [-0.2, -0.15) is 5.10 Å². The molecule has 0 spiro atoms. The van der Waals surface area contributed by atoms with Crippen LogP contribution >= 0.6 is 0 Å². The van der Waals surface area contributed by atoms with Gasteiger partial charge in [0.25, 0.3) is 0 Å². The van der Waals surface area contributed by atoms with Crippen molar-refractivity contribution in [1.29, 1.82) is 0 Å². The second kappa shape index (κ2) is 4.25. The molecule has 0 aliphatic heterocycles. The molecule has 1 aromatic carbocycles. The van der Waals surface area contributed by atoms with Gasteiger partial charge in [-0.25, -0.2) is 0 Å². The van der Waals surface area contributed by atoms with Gasteiger partial charge in [0.05, 0.1) is 18.5 Å². The van der Waals surface area contributed by atoms with E-state index in [1.807, 2.05) is 30.3 Å². The third-order valence-electron chi connectivity index (χ3n) is 2.26. The van der Waals surface area contributed by atoms with Gasteiger partial charge in [-0.15, -0.1) is 0 Å². The van der Waals surface area contributed by atoms with Crippen LogP contribution in [0.2, 0.25) is 0 Å². The third-order valence-corrected chi connectivity index (χ3v) is 2.26. The largest absolute Gasteiger partial charge is 0.393 e. The Hall–Kier alpha value is -1.65. The molecule has 0 bridgehead atoms. The van der Waals surface area contributed by atoms with E-state index in [0.717, 1.165) is 11.3 Å². The summed E-state index contributed by atoms with van der Waals surface area (Å²) in [6, 6.07) is 9.57. The number of aromatic amines is 1. The van der Waals surface area contributed by atoms with Gasteiger partial charge in [-0.05, 0) is 5.56 Å². The van der Waals surface area contributed by atoms with E-state index in [1.165, 1.54) is 6.20 Å². The SMILES string of the molecule is OCC(O)c1cn[nH]c1-c1ccccc1. The predicted octanol–water partition coefficient (Wildman–Crippen LogP) is 1.10. The summed E-state index contributed by atoms with van der Waals surface area (Å²) < 4.78 is 0. The van der Waals surface area contributed by atoms with E-state index >= 15 is 0 Å². The summed E-state index contributed by atoms with van der Waals surface area (Å²) in [5.41, 5.74) is 2.30. The molecule has 0 aliphatic carbocycles. The molecule has 4 nitrogen and oxygen atoms in total. The van der Waals surface area contributed by atoms with Crippen molar-refractivity contribution in [2.45, 2.75) is 6.10 Å². The van der Waals surface area contributed by atoms with Crippen molar-refractivity contribution in [2.24, 2.45) is 0 Å². The van der Waals surface area contributed by atoms with Gasteiger partial charge < -0.3 is 10.2 Å². The summed E-state index contributed by atoms with van der Waals surface area (Å²) in [4.78, 5) is 0. The molecule has 3 N–H and O–H groups in total. The van der Waals surface area contributed by atoms with Crippen LogP contribution in [0.4, 0.5) is 0 Å².